The molecule has 0 saturated carbocycles. The van der Waals surface area contributed by atoms with E-state index in [2.05, 4.69) is 46.7 Å². The van der Waals surface area contributed by atoms with E-state index in [1.54, 1.807) is 0 Å². The van der Waals surface area contributed by atoms with Crippen molar-refractivity contribution in [1.29, 1.82) is 0 Å². The Balaban J connectivity index is 3.71. The van der Waals surface area contributed by atoms with Gasteiger partial charge in [0.05, 0.1) is 6.10 Å². The standard InChI is InChI=1S/C34H71NO2/c1-7-9-11-13-15-17-19-21-23-25-27-29-31-36-33(3)34(4,35(5)6)37-32-30-28-26-24-22-20-18-16-14-12-10-8-2/h33H,7-32H2,1-6H3. The lowest BCUT2D eigenvalue weighted by molar-refractivity contribution is -0.199. The van der Waals surface area contributed by atoms with E-state index in [-0.39, 0.29) is 11.8 Å². The molecule has 0 aliphatic carbocycles. The lowest BCUT2D eigenvalue weighted by Gasteiger charge is -2.41. The van der Waals surface area contributed by atoms with Gasteiger partial charge in [0.1, 0.15) is 5.72 Å². The predicted octanol–water partition coefficient (Wildman–Crippen LogP) is 11.1. The Labute approximate surface area is 235 Å². The molecule has 0 fully saturated rings. The summed E-state index contributed by atoms with van der Waals surface area (Å²) in [5.41, 5.74) is -0.352. The van der Waals surface area contributed by atoms with Gasteiger partial charge in [-0.25, -0.2) is 0 Å². The first kappa shape index (κ1) is 36.9. The number of rotatable bonds is 30. The lowest BCUT2D eigenvalue weighted by Crippen LogP contribution is -2.53. The largest absolute Gasteiger partial charge is 0.374 e. The zero-order valence-electron chi connectivity index (χ0n) is 26.7. The zero-order chi connectivity index (χ0) is 27.5. The van der Waals surface area contributed by atoms with Crippen LogP contribution in [0.5, 0.6) is 0 Å². The molecule has 0 saturated heterocycles. The molecular weight excluding hydrogens is 454 g/mol. The molecule has 0 spiro atoms. The Bertz CT molecular complexity index is 442. The molecule has 0 N–H and O–H groups in total. The summed E-state index contributed by atoms with van der Waals surface area (Å²) >= 11 is 0. The van der Waals surface area contributed by atoms with Gasteiger partial charge in [-0.05, 0) is 40.8 Å². The highest BCUT2D eigenvalue weighted by molar-refractivity contribution is 4.79. The fourth-order valence-corrected chi connectivity index (χ4v) is 5.19. The van der Waals surface area contributed by atoms with Crippen molar-refractivity contribution in [3.05, 3.63) is 0 Å². The van der Waals surface area contributed by atoms with Gasteiger partial charge in [-0.15, -0.1) is 0 Å². The number of likely N-dealkylation sites (N-methyl/N-ethyl adjacent to an activating group) is 1. The molecule has 0 heterocycles. The second-order valence-corrected chi connectivity index (χ2v) is 12.1. The fourth-order valence-electron chi connectivity index (χ4n) is 5.19. The van der Waals surface area contributed by atoms with E-state index in [9.17, 15) is 0 Å². The van der Waals surface area contributed by atoms with Crippen LogP contribution in [0.15, 0.2) is 0 Å². The Hall–Kier alpha value is -0.120. The lowest BCUT2D eigenvalue weighted by atomic mass is 10.1. The third kappa shape index (κ3) is 22.4. The van der Waals surface area contributed by atoms with E-state index < -0.39 is 0 Å². The molecule has 37 heavy (non-hydrogen) atoms. The maximum absolute atomic E-state index is 6.41. The van der Waals surface area contributed by atoms with E-state index >= 15 is 0 Å². The molecule has 2 unspecified atom stereocenters. The SMILES string of the molecule is CCCCCCCCCCCCCCOC(C)C(C)(OCCCCCCCCCCCCCC)N(C)C. The van der Waals surface area contributed by atoms with Crippen molar-refractivity contribution in [2.75, 3.05) is 27.3 Å². The highest BCUT2D eigenvalue weighted by Crippen LogP contribution is 2.23. The highest BCUT2D eigenvalue weighted by atomic mass is 16.6. The van der Waals surface area contributed by atoms with Crippen LogP contribution in [0.4, 0.5) is 0 Å². The summed E-state index contributed by atoms with van der Waals surface area (Å²) in [6, 6.07) is 0. The van der Waals surface area contributed by atoms with Crippen LogP contribution in [0.1, 0.15) is 182 Å². The monoisotopic (exact) mass is 526 g/mol. The molecule has 3 heteroatoms. The fraction of sp³-hybridized carbons (Fsp3) is 1.00. The normalized spacial score (nSPS) is 14.4. The third-order valence-corrected chi connectivity index (χ3v) is 8.40. The van der Waals surface area contributed by atoms with Gasteiger partial charge in [0, 0.05) is 13.2 Å². The van der Waals surface area contributed by atoms with Gasteiger partial charge in [0.25, 0.3) is 0 Å². The maximum atomic E-state index is 6.41. The third-order valence-electron chi connectivity index (χ3n) is 8.40. The van der Waals surface area contributed by atoms with Gasteiger partial charge >= 0.3 is 0 Å². The maximum Gasteiger partial charge on any atom is 0.144 e. The Morgan fingerprint density at radius 2 is 0.784 bits per heavy atom. The topological polar surface area (TPSA) is 21.7 Å². The number of hydrogen-bond acceptors (Lipinski definition) is 3. The summed E-state index contributed by atoms with van der Waals surface area (Å²) in [5, 5.41) is 0. The Morgan fingerprint density at radius 1 is 0.486 bits per heavy atom. The molecule has 0 bridgehead atoms. The smallest absolute Gasteiger partial charge is 0.144 e. The van der Waals surface area contributed by atoms with Gasteiger partial charge in [0.2, 0.25) is 0 Å². The van der Waals surface area contributed by atoms with Crippen LogP contribution < -0.4 is 0 Å². The predicted molar refractivity (Wildman–Crippen MR) is 166 cm³/mol. The van der Waals surface area contributed by atoms with Crippen LogP contribution in [0.2, 0.25) is 0 Å². The molecule has 0 aromatic rings. The summed E-state index contributed by atoms with van der Waals surface area (Å²) < 4.78 is 12.7. The van der Waals surface area contributed by atoms with Crippen LogP contribution >= 0.6 is 0 Å². The zero-order valence-corrected chi connectivity index (χ0v) is 26.7. The van der Waals surface area contributed by atoms with Gasteiger partial charge in [-0.3, -0.25) is 4.90 Å². The van der Waals surface area contributed by atoms with E-state index in [0.29, 0.717) is 0 Å². The second-order valence-electron chi connectivity index (χ2n) is 12.1. The van der Waals surface area contributed by atoms with Gasteiger partial charge in [0.15, 0.2) is 0 Å². The van der Waals surface area contributed by atoms with Crippen molar-refractivity contribution in [3.8, 4) is 0 Å². The summed E-state index contributed by atoms with van der Waals surface area (Å²) in [4.78, 5) is 2.19. The van der Waals surface area contributed by atoms with Gasteiger partial charge < -0.3 is 9.47 Å². The summed E-state index contributed by atoms with van der Waals surface area (Å²) in [5.74, 6) is 0. The van der Waals surface area contributed by atoms with E-state index in [4.69, 9.17) is 9.47 Å². The molecule has 0 aliphatic heterocycles. The molecule has 224 valence electrons. The van der Waals surface area contributed by atoms with Gasteiger partial charge in [-0.2, -0.15) is 0 Å². The number of hydrogen-bond donors (Lipinski definition) is 0. The molecule has 0 aliphatic rings. The van der Waals surface area contributed by atoms with Crippen molar-refractivity contribution in [2.24, 2.45) is 0 Å². The molecule has 0 aromatic heterocycles. The van der Waals surface area contributed by atoms with Crippen LogP contribution in [-0.4, -0.2) is 44.0 Å². The second kappa shape index (κ2) is 27.4. The molecule has 0 aromatic carbocycles. The van der Waals surface area contributed by atoms with Crippen molar-refractivity contribution in [2.45, 2.75) is 194 Å². The van der Waals surface area contributed by atoms with Crippen LogP contribution in [0.25, 0.3) is 0 Å². The highest BCUT2D eigenvalue weighted by Gasteiger charge is 2.35. The molecule has 2 atom stereocenters. The average molecular weight is 526 g/mol. The molecule has 0 rings (SSSR count). The number of ether oxygens (including phenoxy) is 2. The van der Waals surface area contributed by atoms with Crippen molar-refractivity contribution in [1.82, 2.24) is 4.90 Å². The van der Waals surface area contributed by atoms with Gasteiger partial charge in [-0.1, -0.05) is 155 Å². The minimum absolute atomic E-state index is 0.0764. The van der Waals surface area contributed by atoms with E-state index in [0.717, 1.165) is 19.6 Å². The van der Waals surface area contributed by atoms with Crippen LogP contribution in [0.3, 0.4) is 0 Å². The minimum Gasteiger partial charge on any atom is -0.374 e. The van der Waals surface area contributed by atoms with Crippen LogP contribution in [-0.2, 0) is 9.47 Å². The summed E-state index contributed by atoms with van der Waals surface area (Å²) in [6.07, 6.45) is 33.2. The molecule has 3 nitrogen and oxygen atoms in total. The van der Waals surface area contributed by atoms with E-state index in [1.807, 2.05) is 0 Å². The van der Waals surface area contributed by atoms with E-state index in [1.165, 1.54) is 148 Å². The van der Waals surface area contributed by atoms with Crippen LogP contribution in [0, 0.1) is 0 Å². The first-order chi connectivity index (χ1) is 18.0. The first-order valence-electron chi connectivity index (χ1n) is 16.9. The first-order valence-corrected chi connectivity index (χ1v) is 16.9. The molecule has 0 radical (unpaired) electrons. The minimum atomic E-state index is -0.352. The number of nitrogens with zero attached hydrogens (tertiary/aromatic N) is 1. The number of unbranched alkanes of at least 4 members (excludes halogenated alkanes) is 22. The Morgan fingerprint density at radius 3 is 1.11 bits per heavy atom. The summed E-state index contributed by atoms with van der Waals surface area (Å²) in [7, 11) is 4.23. The van der Waals surface area contributed by atoms with Crippen molar-refractivity contribution < 1.29 is 9.47 Å². The average Bonchev–Trinajstić information content (AvgIpc) is 2.89. The quantitative estimate of drug-likeness (QED) is 0.0687. The summed E-state index contributed by atoms with van der Waals surface area (Å²) in [6.45, 7) is 10.6. The molecular formula is C34H71NO2. The Kier molecular flexibility index (Phi) is 27.4. The van der Waals surface area contributed by atoms with Crippen molar-refractivity contribution in [3.63, 3.8) is 0 Å². The molecule has 0 amide bonds. The van der Waals surface area contributed by atoms with Crippen molar-refractivity contribution >= 4 is 0 Å².